The maximum atomic E-state index is 13.4. The Morgan fingerprint density at radius 3 is 2.17 bits per heavy atom. The van der Waals surface area contributed by atoms with Crippen LogP contribution in [0.15, 0.2) is 41.4 Å². The van der Waals surface area contributed by atoms with Crippen molar-refractivity contribution in [1.82, 2.24) is 9.55 Å². The third kappa shape index (κ3) is 24.8. The smallest absolute Gasteiger partial charge is 0.462 e. The number of carbonyl (C=O) groups excluding carboxylic acids is 2. The number of ether oxygens (including phenoxy) is 3. The van der Waals surface area contributed by atoms with Crippen LogP contribution in [0.5, 0.6) is 0 Å². The van der Waals surface area contributed by atoms with Gasteiger partial charge in [-0.25, -0.2) is 13.9 Å². The number of aliphatic hydroxyl groups excluding tert-OH is 5. The summed E-state index contributed by atoms with van der Waals surface area (Å²) < 4.78 is 59.1. The van der Waals surface area contributed by atoms with Crippen LogP contribution in [0.1, 0.15) is 168 Å². The third-order valence-corrected chi connectivity index (χ3v) is 15.2. The summed E-state index contributed by atoms with van der Waals surface area (Å²) in [6.07, 6.45) is 10.4. The van der Waals surface area contributed by atoms with Crippen molar-refractivity contribution in [3.8, 4) is 0 Å². The quantitative estimate of drug-likeness (QED) is 0.0278. The summed E-state index contributed by atoms with van der Waals surface area (Å²) >= 11 is 0. The zero-order chi connectivity index (χ0) is 52.2. The van der Waals surface area contributed by atoms with E-state index in [4.69, 9.17) is 29.0 Å². The first-order valence-corrected chi connectivity index (χ1v) is 28.6. The van der Waals surface area contributed by atoms with Gasteiger partial charge in [0.2, 0.25) is 0 Å². The Hall–Kier alpha value is -2.88. The molecule has 9 N–H and O–H groups in total. The number of hydrogen-bond acceptors (Lipinski definition) is 18. The molecule has 0 aliphatic carbocycles. The highest BCUT2D eigenvalue weighted by molar-refractivity contribution is 7.61. The van der Waals surface area contributed by atoms with Crippen molar-refractivity contribution < 1.29 is 81.6 Å². The number of anilines is 1. The maximum absolute atomic E-state index is 13.4. The number of aliphatic hydroxyl groups is 5. The summed E-state index contributed by atoms with van der Waals surface area (Å²) in [6, 6.07) is 1.26. The van der Waals surface area contributed by atoms with Crippen LogP contribution in [0.25, 0.3) is 0 Å². The van der Waals surface area contributed by atoms with Gasteiger partial charge in [0.1, 0.15) is 30.9 Å². The summed E-state index contributed by atoms with van der Waals surface area (Å²) in [6.45, 7) is 1.50. The number of phosphoric ester groups is 2. The van der Waals surface area contributed by atoms with Crippen molar-refractivity contribution in [2.75, 3.05) is 25.6 Å². The number of unbranched alkanes of at least 4 members (excludes halogenated alkanes) is 11. The molecule has 2 aliphatic heterocycles. The minimum Gasteiger partial charge on any atom is -0.462 e. The molecule has 2 aliphatic rings. The van der Waals surface area contributed by atoms with E-state index in [1.54, 1.807) is 0 Å². The second-order valence-electron chi connectivity index (χ2n) is 18.6. The van der Waals surface area contributed by atoms with E-state index < -0.39 is 120 Å². The predicted molar refractivity (Wildman–Crippen MR) is 263 cm³/mol. The van der Waals surface area contributed by atoms with Gasteiger partial charge >= 0.3 is 33.3 Å². The molecule has 1 aromatic heterocycles. The van der Waals surface area contributed by atoms with Gasteiger partial charge in [-0.05, 0) is 57.4 Å². The third-order valence-electron chi connectivity index (χ3n) is 12.6. The van der Waals surface area contributed by atoms with E-state index >= 15 is 0 Å². The van der Waals surface area contributed by atoms with Gasteiger partial charge in [-0.2, -0.15) is 9.29 Å². The molecule has 1 aromatic rings. The van der Waals surface area contributed by atoms with Gasteiger partial charge in [0.25, 0.3) is 0 Å². The Kier molecular flexibility index (Phi) is 29.7. The normalized spacial score (nSPS) is 30.9. The molecule has 2 saturated heterocycles. The lowest BCUT2D eigenvalue weighted by atomic mass is 9.82. The van der Waals surface area contributed by atoms with Gasteiger partial charge in [0.15, 0.2) is 6.10 Å². The zero-order valence-corrected chi connectivity index (χ0v) is 43.4. The Bertz CT molecular complexity index is 1910. The van der Waals surface area contributed by atoms with Gasteiger partial charge in [-0.1, -0.05) is 115 Å². The van der Waals surface area contributed by atoms with E-state index in [1.807, 2.05) is 6.92 Å². The highest BCUT2D eigenvalue weighted by Crippen LogP contribution is 2.60. The van der Waals surface area contributed by atoms with Crippen molar-refractivity contribution in [1.29, 1.82) is 0 Å². The summed E-state index contributed by atoms with van der Waals surface area (Å²) in [4.78, 5) is 64.2. The molecular weight excluding hydrogens is 968 g/mol. The van der Waals surface area contributed by atoms with Gasteiger partial charge in [0, 0.05) is 37.3 Å². The molecule has 0 amide bonds. The van der Waals surface area contributed by atoms with E-state index in [1.165, 1.54) is 50.1 Å². The summed E-state index contributed by atoms with van der Waals surface area (Å²) in [5.41, 5.74) is 4.81. The lowest BCUT2D eigenvalue weighted by molar-refractivity contribution is -0.195. The largest absolute Gasteiger partial charge is 0.481 e. The van der Waals surface area contributed by atoms with E-state index in [0.717, 1.165) is 55.9 Å². The van der Waals surface area contributed by atoms with Crippen LogP contribution in [-0.2, 0) is 46.3 Å². The summed E-state index contributed by atoms with van der Waals surface area (Å²) in [7, 11) is -11.3. The molecule has 71 heavy (non-hydrogen) atoms. The topological polar surface area (TPSA) is 326 Å². The Labute approximate surface area is 418 Å². The van der Waals surface area contributed by atoms with E-state index in [2.05, 4.69) is 28.4 Å². The fraction of sp³-hybridized carbons (Fsp3) is 0.792. The molecule has 0 aromatic carbocycles. The highest BCUT2D eigenvalue weighted by Gasteiger charge is 2.45. The first-order valence-electron chi connectivity index (χ1n) is 25.6. The molecule has 2 unspecified atom stereocenters. The first kappa shape index (κ1) is 62.4. The average molecular weight is 1050 g/mol. The van der Waals surface area contributed by atoms with Crippen molar-refractivity contribution in [2.45, 2.75) is 210 Å². The number of carbonyl (C=O) groups is 2. The van der Waals surface area contributed by atoms with Crippen LogP contribution >= 0.6 is 15.6 Å². The number of aromatic nitrogens is 2. The molecule has 21 nitrogen and oxygen atoms in total. The van der Waals surface area contributed by atoms with Crippen LogP contribution in [0, 0.1) is 11.8 Å². The lowest BCUT2D eigenvalue weighted by Crippen LogP contribution is -2.52. The average Bonchev–Trinajstić information content (AvgIpc) is 3.30. The number of allylic oxidation sites excluding steroid dienone is 2. The monoisotopic (exact) mass is 1050 g/mol. The van der Waals surface area contributed by atoms with Crippen LogP contribution in [0.3, 0.4) is 0 Å². The number of rotatable bonds is 21. The van der Waals surface area contributed by atoms with Crippen LogP contribution < -0.4 is 11.4 Å². The summed E-state index contributed by atoms with van der Waals surface area (Å²) in [5, 5.41) is 57.5. The molecule has 12 atom stereocenters. The molecule has 0 spiro atoms. The molecule has 2 fully saturated rings. The molecular formula is C48H83N3O18P2. The molecule has 3 heterocycles. The lowest BCUT2D eigenvalue weighted by Gasteiger charge is -2.41. The maximum Gasteiger partial charge on any atom is 0.481 e. The fourth-order valence-electron chi connectivity index (χ4n) is 8.50. The van der Waals surface area contributed by atoms with E-state index in [9.17, 15) is 58.8 Å². The number of phosphoric acid groups is 2. The van der Waals surface area contributed by atoms with Crippen molar-refractivity contribution >= 4 is 33.4 Å². The van der Waals surface area contributed by atoms with Crippen LogP contribution in [0.4, 0.5) is 5.82 Å². The SMILES string of the molecule is CCCCCC/C=C\CCCCCCCC(=O)O[C@@H]1COC(=O)CCCCCC[C@@H]2[C@H](n3ccc(N)nc3=O)O[C@H](COP(=O)(O)OP(=O)(O)OC1)[C@@H](O)[C@@H](O)[C@@H](/C=C/[C@@H](O)CCCCC)[C@H](O)C[C@@H]2O. The molecule has 408 valence electrons. The Balaban J connectivity index is 1.84. The van der Waals surface area contributed by atoms with Gasteiger partial charge in [-0.15, -0.1) is 0 Å². The van der Waals surface area contributed by atoms with Crippen molar-refractivity contribution in [3.05, 3.63) is 47.1 Å². The second-order valence-corrected chi connectivity index (χ2v) is 21.7. The van der Waals surface area contributed by atoms with Gasteiger partial charge in [0.05, 0.1) is 37.6 Å². The second kappa shape index (κ2) is 33.8. The predicted octanol–water partition coefficient (Wildman–Crippen LogP) is 6.60. The number of nitrogen functional groups attached to an aromatic ring is 1. The number of cyclic esters (lactones) is 1. The van der Waals surface area contributed by atoms with Crippen LogP contribution in [-0.4, -0.2) is 119 Å². The molecule has 0 radical (unpaired) electrons. The molecule has 3 rings (SSSR count). The minimum atomic E-state index is -5.70. The Morgan fingerprint density at radius 2 is 1.48 bits per heavy atom. The fourth-order valence-corrected chi connectivity index (χ4v) is 10.6. The standard InChI is InChI=1S/C48H83N3O18P2/c1-3-5-7-8-9-10-11-12-13-14-15-16-22-26-44(56)67-36-32-64-43(55)25-21-18-17-20-24-38-40(54)31-39(53)37(28-27-35(52)23-19-6-4-2)45(57)46(58)41(34-66-71(62,63)69-70(60,61)65-33-36)68-47(38)51-30-29-42(49)50-48(51)59/h10-11,27-30,35-41,45-47,52-54,57-58H,3-9,12-26,31-34H2,1-2H3,(H,60,61)(H,62,63)(H2,49,50,59)/b11-10-,28-27+/t35-,36+,37-,38-,39+,40-,41+,45-,46+,47+/m0/s1. The number of nitrogens with two attached hydrogens (primary N) is 1. The number of hydrogen-bond donors (Lipinski definition) is 8. The van der Waals surface area contributed by atoms with E-state index in [0.29, 0.717) is 44.9 Å². The summed E-state index contributed by atoms with van der Waals surface area (Å²) in [5.74, 6) is -4.00. The van der Waals surface area contributed by atoms with Gasteiger partial charge < -0.3 is 55.3 Å². The van der Waals surface area contributed by atoms with E-state index in [-0.39, 0.29) is 25.1 Å². The van der Waals surface area contributed by atoms with Crippen molar-refractivity contribution in [2.24, 2.45) is 11.8 Å². The molecule has 23 heteroatoms. The van der Waals surface area contributed by atoms with Gasteiger partial charge in [-0.3, -0.25) is 23.2 Å². The highest BCUT2D eigenvalue weighted by atomic mass is 31.3. The number of esters is 2. The molecule has 2 bridgehead atoms. The number of fused-ring (bicyclic) bond motifs is 3. The van der Waals surface area contributed by atoms with Crippen LogP contribution in [0.2, 0.25) is 0 Å². The Morgan fingerprint density at radius 1 is 0.845 bits per heavy atom. The zero-order valence-electron chi connectivity index (χ0n) is 41.6. The molecule has 0 saturated carbocycles. The minimum absolute atomic E-state index is 0.00191. The first-order chi connectivity index (χ1) is 33.9. The van der Waals surface area contributed by atoms with Crippen molar-refractivity contribution in [3.63, 3.8) is 0 Å². The number of nitrogens with zero attached hydrogens (tertiary/aromatic N) is 2.